The van der Waals surface area contributed by atoms with Crippen LogP contribution in [0.4, 0.5) is 0 Å². The summed E-state index contributed by atoms with van der Waals surface area (Å²) in [6, 6.07) is 0. The van der Waals surface area contributed by atoms with Gasteiger partial charge in [0.25, 0.3) is 0 Å². The van der Waals surface area contributed by atoms with Gasteiger partial charge in [0, 0.05) is 57.7 Å². The smallest absolute Gasteiger partial charge is 0.221 e. The molecule has 0 saturated heterocycles. The highest BCUT2D eigenvalue weighted by molar-refractivity contribution is 15.0. The summed E-state index contributed by atoms with van der Waals surface area (Å²) in [7, 11) is 3.51. The van der Waals surface area contributed by atoms with Crippen molar-refractivity contribution in [2.75, 3.05) is 14.1 Å². The third-order valence-electron chi connectivity index (χ3n) is 0.801. The normalized spacial score (nSPS) is 7.22. The molecule has 0 aromatic rings. The van der Waals surface area contributed by atoms with Gasteiger partial charge in [-0.3, -0.25) is 4.79 Å². The molecule has 0 fully saturated rings. The molecule has 0 aliphatic carbocycles. The number of carbonyl (C=O) groups is 1. The Hall–Kier alpha value is 0.930. The van der Waals surface area contributed by atoms with Crippen LogP contribution in [-0.4, -0.2) is 24.9 Å². The molecule has 0 atom stereocenters. The van der Waals surface area contributed by atoms with E-state index in [-0.39, 0.29) is 5.91 Å². The molecule has 0 radical (unpaired) electrons. The van der Waals surface area contributed by atoms with Crippen LogP contribution in [0.3, 0.4) is 0 Å². The summed E-state index contributed by atoms with van der Waals surface area (Å²) >= 11 is 4.24. The summed E-state index contributed by atoms with van der Waals surface area (Å²) in [6.45, 7) is 1.85. The highest BCUT2D eigenvalue weighted by Crippen LogP contribution is 1.89. The summed E-state index contributed by atoms with van der Waals surface area (Å²) in [6.07, 6.45) is 0.604. The van der Waals surface area contributed by atoms with Gasteiger partial charge in [0.2, 0.25) is 5.91 Å². The molecule has 1 amide bonds. The van der Waals surface area contributed by atoms with Gasteiger partial charge in [0.1, 0.15) is 0 Å². The van der Waals surface area contributed by atoms with E-state index in [1.54, 1.807) is 19.0 Å². The minimum atomic E-state index is 0.181. The number of rotatable bonds is 1. The topological polar surface area (TPSA) is 20.3 Å². The number of nitrogens with zero attached hydrogens (tertiary/aromatic N) is 1. The molecule has 0 aromatic carbocycles. The first-order valence-corrected chi connectivity index (χ1v) is 8.81. The van der Waals surface area contributed by atoms with Gasteiger partial charge in [0.15, 0.2) is 0 Å². The van der Waals surface area contributed by atoms with E-state index >= 15 is 0 Å². The molecule has 0 aromatic heterocycles. The van der Waals surface area contributed by atoms with Crippen molar-refractivity contribution < 1.29 is 4.79 Å². The summed E-state index contributed by atoms with van der Waals surface area (Å²) < 4.78 is 0. The third kappa shape index (κ3) is 8.93. The summed E-state index contributed by atoms with van der Waals surface area (Å²) in [5.74, 6) is 0.181. The quantitative estimate of drug-likeness (QED) is 0.661. The van der Waals surface area contributed by atoms with Gasteiger partial charge in [-0.25, -0.2) is 0 Å². The molecule has 0 unspecified atom stereocenters. The fraction of sp³-hybridized carbons (Fsp3) is 0.800. The Balaban J connectivity index is 0. The van der Waals surface area contributed by atoms with Crippen LogP contribution in [0.5, 0.6) is 0 Å². The van der Waals surface area contributed by atoms with Crippen LogP contribution in [0.25, 0.3) is 0 Å². The fourth-order valence-electron chi connectivity index (χ4n) is 0.316. The summed E-state index contributed by atoms with van der Waals surface area (Å²) in [5, 5.41) is 0. The van der Waals surface area contributed by atoms with Gasteiger partial charge in [-0.05, 0) is 0 Å². The van der Waals surface area contributed by atoms with E-state index in [2.05, 4.69) is 37.2 Å². The molecule has 0 aliphatic heterocycles. The Morgan fingerprint density at radius 1 is 1.44 bits per heavy atom. The van der Waals surface area contributed by atoms with Crippen LogP contribution >= 0.6 is 37.2 Å². The highest BCUT2D eigenvalue weighted by atomic mass is 128. The van der Waals surface area contributed by atoms with Crippen LogP contribution < -0.4 is 0 Å². The SMILES string of the molecule is CCC(=O)N(C)C.II. The zero-order valence-electron chi connectivity index (χ0n) is 5.82. The van der Waals surface area contributed by atoms with Crippen molar-refractivity contribution >= 4 is 43.1 Å². The van der Waals surface area contributed by atoms with Crippen LogP contribution in [0.1, 0.15) is 13.3 Å². The molecule has 0 spiro atoms. The predicted octanol–water partition coefficient (Wildman–Crippen LogP) is 2.26. The maximum absolute atomic E-state index is 10.4. The van der Waals surface area contributed by atoms with Crippen LogP contribution in [0.2, 0.25) is 0 Å². The average molecular weight is 355 g/mol. The first kappa shape index (κ1) is 12.6. The molecule has 0 bridgehead atoms. The molecule has 0 saturated carbocycles. The summed E-state index contributed by atoms with van der Waals surface area (Å²) in [5.41, 5.74) is 0. The molecular weight excluding hydrogens is 344 g/mol. The number of carbonyl (C=O) groups excluding carboxylic acids is 1. The Labute approximate surface area is 79.7 Å². The molecule has 9 heavy (non-hydrogen) atoms. The van der Waals surface area contributed by atoms with Crippen molar-refractivity contribution in [2.45, 2.75) is 13.3 Å². The van der Waals surface area contributed by atoms with E-state index < -0.39 is 0 Å². The summed E-state index contributed by atoms with van der Waals surface area (Å²) in [4.78, 5) is 12.0. The Kier molecular flexibility index (Phi) is 12.5. The van der Waals surface area contributed by atoms with Gasteiger partial charge < -0.3 is 4.90 Å². The second-order valence-corrected chi connectivity index (χ2v) is 1.64. The molecule has 0 rings (SSSR count). The monoisotopic (exact) mass is 355 g/mol. The van der Waals surface area contributed by atoms with Crippen molar-refractivity contribution in [1.82, 2.24) is 4.90 Å². The number of hydrogen-bond donors (Lipinski definition) is 0. The van der Waals surface area contributed by atoms with E-state index in [4.69, 9.17) is 0 Å². The second-order valence-electron chi connectivity index (χ2n) is 1.64. The van der Waals surface area contributed by atoms with Crippen LogP contribution in [0.15, 0.2) is 0 Å². The molecule has 0 aliphatic rings. The lowest BCUT2D eigenvalue weighted by molar-refractivity contribution is -0.128. The minimum Gasteiger partial charge on any atom is -0.349 e. The second kappa shape index (κ2) is 8.93. The first-order chi connectivity index (χ1) is 4.18. The van der Waals surface area contributed by atoms with Crippen molar-refractivity contribution in [2.24, 2.45) is 0 Å². The van der Waals surface area contributed by atoms with E-state index in [0.717, 1.165) is 0 Å². The lowest BCUT2D eigenvalue weighted by Gasteiger charge is -2.05. The fourth-order valence-corrected chi connectivity index (χ4v) is 0.316. The van der Waals surface area contributed by atoms with Gasteiger partial charge in [0.05, 0.1) is 0 Å². The first-order valence-electron chi connectivity index (χ1n) is 2.53. The van der Waals surface area contributed by atoms with E-state index in [9.17, 15) is 4.79 Å². The number of halogens is 2. The number of amides is 1. The molecule has 2 nitrogen and oxygen atoms in total. The highest BCUT2D eigenvalue weighted by Gasteiger charge is 1.95. The average Bonchev–Trinajstić information content (AvgIpc) is 1.91. The van der Waals surface area contributed by atoms with Crippen molar-refractivity contribution in [3.63, 3.8) is 0 Å². The molecule has 0 heterocycles. The van der Waals surface area contributed by atoms with Crippen molar-refractivity contribution in [3.8, 4) is 0 Å². The Morgan fingerprint density at radius 3 is 1.78 bits per heavy atom. The lowest BCUT2D eigenvalue weighted by Crippen LogP contribution is -2.19. The molecule has 56 valence electrons. The number of hydrogen-bond acceptors (Lipinski definition) is 1. The van der Waals surface area contributed by atoms with Crippen molar-refractivity contribution in [3.05, 3.63) is 0 Å². The Bertz CT molecular complexity index is 75.4. The van der Waals surface area contributed by atoms with Gasteiger partial charge in [-0.2, -0.15) is 0 Å². The van der Waals surface area contributed by atoms with Crippen LogP contribution in [-0.2, 0) is 4.79 Å². The predicted molar refractivity (Wildman–Crippen MR) is 57.0 cm³/mol. The molecular formula is C5H11I2NO. The van der Waals surface area contributed by atoms with Gasteiger partial charge >= 0.3 is 0 Å². The van der Waals surface area contributed by atoms with Crippen molar-refractivity contribution in [1.29, 1.82) is 0 Å². The maximum Gasteiger partial charge on any atom is 0.221 e. The van der Waals surface area contributed by atoms with Gasteiger partial charge in [-0.1, -0.05) is 6.92 Å². The minimum absolute atomic E-state index is 0.181. The molecule has 0 N–H and O–H groups in total. The standard InChI is InChI=1S/C5H11NO.I2/c1-4-5(7)6(2)3;1-2/h4H2,1-3H3;. The van der Waals surface area contributed by atoms with E-state index in [1.165, 1.54) is 0 Å². The Morgan fingerprint density at radius 2 is 1.78 bits per heavy atom. The molecule has 4 heteroatoms. The zero-order chi connectivity index (χ0) is 7.86. The zero-order valence-corrected chi connectivity index (χ0v) is 10.1. The van der Waals surface area contributed by atoms with E-state index in [0.29, 0.717) is 6.42 Å². The van der Waals surface area contributed by atoms with Gasteiger partial charge in [-0.15, -0.1) is 0 Å². The lowest BCUT2D eigenvalue weighted by atomic mass is 10.4. The maximum atomic E-state index is 10.4. The van der Waals surface area contributed by atoms with Crippen LogP contribution in [0, 0.1) is 0 Å². The van der Waals surface area contributed by atoms with E-state index in [1.807, 2.05) is 6.92 Å². The largest absolute Gasteiger partial charge is 0.349 e. The third-order valence-corrected chi connectivity index (χ3v) is 0.801.